The number of carbonyl (C=O) groups excluding carboxylic acids is 1. The van der Waals surface area contributed by atoms with Crippen LogP contribution in [0.15, 0.2) is 29.8 Å². The van der Waals surface area contributed by atoms with E-state index < -0.39 is 10.9 Å². The molecule has 2 aromatic heterocycles. The molecule has 0 bridgehead atoms. The van der Waals surface area contributed by atoms with E-state index in [1.165, 1.54) is 24.3 Å². The van der Waals surface area contributed by atoms with E-state index in [0.717, 1.165) is 0 Å². The van der Waals surface area contributed by atoms with E-state index in [9.17, 15) is 14.9 Å². The van der Waals surface area contributed by atoms with Gasteiger partial charge in [-0.3, -0.25) is 10.1 Å². The second kappa shape index (κ2) is 6.74. The van der Waals surface area contributed by atoms with Gasteiger partial charge in [-0.1, -0.05) is 19.9 Å². The largest absolute Gasteiger partial charge is 0.465 e. The molecule has 2 heterocycles. The minimum absolute atomic E-state index is 0.0438. The fraction of sp³-hybridized carbons (Fsp3) is 0.333. The van der Waals surface area contributed by atoms with Gasteiger partial charge in [0, 0.05) is 29.1 Å². The summed E-state index contributed by atoms with van der Waals surface area (Å²) in [6.07, 6.45) is 1.26. The molecule has 0 saturated heterocycles. The van der Waals surface area contributed by atoms with E-state index >= 15 is 0 Å². The van der Waals surface area contributed by atoms with Crippen molar-refractivity contribution in [2.45, 2.75) is 19.3 Å². The molecule has 2 rings (SSSR count). The third-order valence-corrected chi connectivity index (χ3v) is 4.61. The molecule has 0 aliphatic rings. The summed E-state index contributed by atoms with van der Waals surface area (Å²) in [4.78, 5) is 27.3. The van der Waals surface area contributed by atoms with Gasteiger partial charge in [-0.2, -0.15) is 0 Å². The van der Waals surface area contributed by atoms with Crippen LogP contribution in [0.4, 0.5) is 11.5 Å². The fourth-order valence-corrected chi connectivity index (χ4v) is 2.87. The monoisotopic (exact) mass is 335 g/mol. The van der Waals surface area contributed by atoms with Crippen LogP contribution >= 0.6 is 11.3 Å². The molecule has 0 unspecified atom stereocenters. The quantitative estimate of drug-likeness (QED) is 0.495. The van der Waals surface area contributed by atoms with E-state index in [2.05, 4.69) is 15.0 Å². The van der Waals surface area contributed by atoms with Crippen LogP contribution in [-0.4, -0.2) is 29.5 Å². The van der Waals surface area contributed by atoms with Crippen LogP contribution < -0.4 is 5.32 Å². The highest BCUT2D eigenvalue weighted by Gasteiger charge is 2.25. The van der Waals surface area contributed by atoms with Gasteiger partial charge >= 0.3 is 11.7 Å². The zero-order chi connectivity index (χ0) is 17.0. The predicted molar refractivity (Wildman–Crippen MR) is 88.1 cm³/mol. The maximum atomic E-state index is 11.5. The molecule has 0 aliphatic carbocycles. The number of methoxy groups -OCH3 is 1. The van der Waals surface area contributed by atoms with Crippen LogP contribution in [0.3, 0.4) is 0 Å². The molecular weight excluding hydrogens is 318 g/mol. The summed E-state index contributed by atoms with van der Waals surface area (Å²) in [6, 6.07) is 5.15. The summed E-state index contributed by atoms with van der Waals surface area (Å²) in [6.45, 7) is 4.56. The van der Waals surface area contributed by atoms with Crippen molar-refractivity contribution >= 4 is 28.8 Å². The molecule has 7 nitrogen and oxygen atoms in total. The fourth-order valence-electron chi connectivity index (χ4n) is 2.01. The van der Waals surface area contributed by atoms with Crippen LogP contribution in [0, 0.1) is 10.1 Å². The topological polar surface area (TPSA) is 94.4 Å². The molecule has 0 aromatic carbocycles. The zero-order valence-corrected chi connectivity index (χ0v) is 13.8. The summed E-state index contributed by atoms with van der Waals surface area (Å²) < 4.78 is 4.55. The number of nitrogens with one attached hydrogen (secondary N) is 1. The maximum Gasteiger partial charge on any atom is 0.339 e. The molecule has 23 heavy (non-hydrogen) atoms. The summed E-state index contributed by atoms with van der Waals surface area (Å²) in [5, 5.41) is 16.2. The average Bonchev–Trinajstić information content (AvgIpc) is 3.07. The zero-order valence-electron chi connectivity index (χ0n) is 13.0. The predicted octanol–water partition coefficient (Wildman–Crippen LogP) is 3.23. The van der Waals surface area contributed by atoms with Gasteiger partial charge in [0.05, 0.1) is 17.6 Å². The molecule has 122 valence electrons. The number of nitrogens with zero attached hydrogens (tertiary/aromatic N) is 2. The van der Waals surface area contributed by atoms with Gasteiger partial charge < -0.3 is 10.1 Å². The van der Waals surface area contributed by atoms with E-state index in [1.807, 2.05) is 31.4 Å². The first kappa shape index (κ1) is 16.9. The Morgan fingerprint density at radius 1 is 1.52 bits per heavy atom. The lowest BCUT2D eigenvalue weighted by Gasteiger charge is -2.23. The number of anilines is 1. The van der Waals surface area contributed by atoms with Crippen molar-refractivity contribution in [3.63, 3.8) is 0 Å². The van der Waals surface area contributed by atoms with Crippen molar-refractivity contribution in [1.29, 1.82) is 0 Å². The molecule has 8 heteroatoms. The normalized spacial score (nSPS) is 11.1. The van der Waals surface area contributed by atoms with E-state index in [0.29, 0.717) is 6.54 Å². The first-order valence-corrected chi connectivity index (χ1v) is 7.74. The Balaban J connectivity index is 2.22. The molecule has 2 aromatic rings. The van der Waals surface area contributed by atoms with Gasteiger partial charge in [-0.25, -0.2) is 9.78 Å². The number of nitro groups is 1. The van der Waals surface area contributed by atoms with Crippen LogP contribution in [0.5, 0.6) is 0 Å². The molecule has 0 saturated carbocycles. The minimum Gasteiger partial charge on any atom is -0.465 e. The SMILES string of the molecule is COC(=O)c1cnc(NCC(C)(C)c2cccs2)c([N+](=O)[O-])c1. The van der Waals surface area contributed by atoms with Gasteiger partial charge in [-0.05, 0) is 11.4 Å². The Morgan fingerprint density at radius 2 is 2.26 bits per heavy atom. The molecule has 0 aliphatic heterocycles. The lowest BCUT2D eigenvalue weighted by atomic mass is 9.91. The Hall–Kier alpha value is -2.48. The smallest absolute Gasteiger partial charge is 0.339 e. The second-order valence-electron chi connectivity index (χ2n) is 5.56. The van der Waals surface area contributed by atoms with Crippen LogP contribution in [-0.2, 0) is 10.2 Å². The van der Waals surface area contributed by atoms with Gasteiger partial charge in [0.25, 0.3) is 0 Å². The average molecular weight is 335 g/mol. The van der Waals surface area contributed by atoms with Crippen LogP contribution in [0.1, 0.15) is 29.1 Å². The molecule has 0 radical (unpaired) electrons. The first-order valence-electron chi connectivity index (χ1n) is 6.86. The summed E-state index contributed by atoms with van der Waals surface area (Å²) in [7, 11) is 1.21. The number of esters is 1. The number of carbonyl (C=O) groups is 1. The third kappa shape index (κ3) is 3.84. The lowest BCUT2D eigenvalue weighted by Crippen LogP contribution is -2.27. The number of hydrogen-bond acceptors (Lipinski definition) is 7. The summed E-state index contributed by atoms with van der Waals surface area (Å²) in [5.41, 5.74) is -0.415. The molecule has 0 atom stereocenters. The summed E-state index contributed by atoms with van der Waals surface area (Å²) in [5.74, 6) is -0.529. The Labute approximate surface area is 137 Å². The minimum atomic E-state index is -0.661. The maximum absolute atomic E-state index is 11.5. The third-order valence-electron chi connectivity index (χ3n) is 3.37. The van der Waals surface area contributed by atoms with Crippen molar-refractivity contribution in [1.82, 2.24) is 4.98 Å². The second-order valence-corrected chi connectivity index (χ2v) is 6.50. The van der Waals surface area contributed by atoms with Crippen molar-refractivity contribution in [3.05, 3.63) is 50.3 Å². The van der Waals surface area contributed by atoms with Crippen molar-refractivity contribution < 1.29 is 14.5 Å². The Kier molecular flexibility index (Phi) is 4.95. The van der Waals surface area contributed by atoms with E-state index in [4.69, 9.17) is 0 Å². The number of ether oxygens (including phenoxy) is 1. The highest BCUT2D eigenvalue weighted by molar-refractivity contribution is 7.10. The van der Waals surface area contributed by atoms with Crippen LogP contribution in [0.2, 0.25) is 0 Å². The number of aromatic nitrogens is 1. The molecular formula is C15H17N3O4S. The molecule has 0 amide bonds. The highest BCUT2D eigenvalue weighted by atomic mass is 32.1. The Morgan fingerprint density at radius 3 is 2.83 bits per heavy atom. The molecule has 0 spiro atoms. The van der Waals surface area contributed by atoms with Crippen molar-refractivity contribution in [2.75, 3.05) is 19.0 Å². The molecule has 0 fully saturated rings. The van der Waals surface area contributed by atoms with Crippen LogP contribution in [0.25, 0.3) is 0 Å². The number of thiophene rings is 1. The number of pyridine rings is 1. The standard InChI is InChI=1S/C15H17N3O4S/c1-15(2,12-5-4-6-23-12)9-17-13-11(18(20)21)7-10(8-16-13)14(19)22-3/h4-8H,9H2,1-3H3,(H,16,17). The highest BCUT2D eigenvalue weighted by Crippen LogP contribution is 2.29. The van der Waals surface area contributed by atoms with Gasteiger partial charge in [0.2, 0.25) is 5.82 Å². The Bertz CT molecular complexity index is 714. The number of rotatable bonds is 6. The summed E-state index contributed by atoms with van der Waals surface area (Å²) >= 11 is 1.63. The first-order chi connectivity index (χ1) is 10.8. The van der Waals surface area contributed by atoms with Gasteiger partial charge in [0.1, 0.15) is 0 Å². The lowest BCUT2D eigenvalue weighted by molar-refractivity contribution is -0.384. The van der Waals surface area contributed by atoms with Crippen molar-refractivity contribution in [3.8, 4) is 0 Å². The van der Waals surface area contributed by atoms with Crippen molar-refractivity contribution in [2.24, 2.45) is 0 Å². The van der Waals surface area contributed by atoms with Gasteiger partial charge in [-0.15, -0.1) is 11.3 Å². The number of hydrogen-bond donors (Lipinski definition) is 1. The van der Waals surface area contributed by atoms with E-state index in [1.54, 1.807) is 11.3 Å². The van der Waals surface area contributed by atoms with E-state index in [-0.39, 0.29) is 22.5 Å². The molecule has 1 N–H and O–H groups in total. The van der Waals surface area contributed by atoms with Gasteiger partial charge in [0.15, 0.2) is 0 Å².